The predicted octanol–water partition coefficient (Wildman–Crippen LogP) is -0.752. The van der Waals surface area contributed by atoms with Crippen LogP contribution in [0.4, 0.5) is 0 Å². The Labute approximate surface area is 34.2 Å². The van der Waals surface area contributed by atoms with Crippen LogP contribution in [0.15, 0.2) is 0 Å². The van der Waals surface area contributed by atoms with Crippen molar-refractivity contribution in [2.45, 2.75) is 0 Å². The third-order valence-corrected chi connectivity index (χ3v) is 0. The van der Waals surface area contributed by atoms with Gasteiger partial charge in [0, 0.05) is 0 Å². The molecule has 3 nitrogen and oxygen atoms in total. The third-order valence-electron chi connectivity index (χ3n) is 0. The predicted molar refractivity (Wildman–Crippen MR) is 17.8 cm³/mol. The second kappa shape index (κ2) is 1.44. The summed E-state index contributed by atoms with van der Waals surface area (Å²) >= 11 is -4.43. The van der Waals surface area contributed by atoms with Gasteiger partial charge in [0.25, 0.3) is 0 Å². The molecule has 0 heterocycles. The molecule has 0 atom stereocenters. The van der Waals surface area contributed by atoms with E-state index in [2.05, 4.69) is 7.80 Å². The molecule has 0 spiro atoms. The fourth-order valence-electron chi connectivity index (χ4n) is 0. The molecule has 0 fully saturated rings. The molecule has 0 saturated heterocycles. The van der Waals surface area contributed by atoms with Crippen LogP contribution in [0.2, 0.25) is 0 Å². The van der Waals surface area contributed by atoms with E-state index in [-0.39, 0.29) is 0 Å². The van der Waals surface area contributed by atoms with Gasteiger partial charge < -0.3 is 0 Å². The molecular weight excluding hydrogens is 154 g/mol. The fourth-order valence-corrected chi connectivity index (χ4v) is 0. The molecule has 0 saturated carbocycles. The van der Waals surface area contributed by atoms with Crippen molar-refractivity contribution in [3.05, 3.63) is 0 Å². The second-order valence-corrected chi connectivity index (χ2v) is 5.37. The van der Waals surface area contributed by atoms with Gasteiger partial charge in [-0.05, 0) is 0 Å². The molecule has 0 aliphatic rings. The van der Waals surface area contributed by atoms with Crippen LogP contribution in [0, 0.1) is 0 Å². The van der Waals surface area contributed by atoms with E-state index >= 15 is 0 Å². The zero-order valence-corrected chi connectivity index (χ0v) is 4.97. The molecule has 0 aliphatic heterocycles. The van der Waals surface area contributed by atoms with Crippen molar-refractivity contribution in [3.63, 3.8) is 0 Å². The number of hydrogen-bond donors (Lipinski definition) is 2. The van der Waals surface area contributed by atoms with E-state index < -0.39 is 13.7 Å². The van der Waals surface area contributed by atoms with E-state index in [0.717, 1.165) is 0 Å². The molecule has 5 heteroatoms. The van der Waals surface area contributed by atoms with Crippen LogP contribution in [0.1, 0.15) is 0 Å². The van der Waals surface area contributed by atoms with E-state index in [9.17, 15) is 3.74 Å². The Bertz CT molecular complexity index is 53.0. The molecule has 0 aromatic heterocycles. The molecule has 0 radical (unpaired) electrons. The van der Waals surface area contributed by atoms with E-state index in [1.54, 1.807) is 0 Å². The van der Waals surface area contributed by atoms with Crippen LogP contribution in [0.5, 0.6) is 0 Å². The molecule has 0 aromatic rings. The van der Waals surface area contributed by atoms with Crippen molar-refractivity contribution in [1.29, 1.82) is 0 Å². The Morgan fingerprint density at radius 1 is 1.60 bits per heavy atom. The SMILES string of the molecule is O=[As](O)(O)[P-2]. The first-order chi connectivity index (χ1) is 2.00. The zero-order valence-electron chi connectivity index (χ0n) is 2.20. The monoisotopic (exact) mass is 156 g/mol. The number of rotatable bonds is 0. The molecule has 0 amide bonds. The van der Waals surface area contributed by atoms with Crippen molar-refractivity contribution in [1.82, 2.24) is 0 Å². The maximum atomic E-state index is 9.25. The van der Waals surface area contributed by atoms with Crippen LogP contribution in [0.3, 0.4) is 0 Å². The summed E-state index contributed by atoms with van der Waals surface area (Å²) in [4.78, 5) is 0. The molecule has 0 unspecified atom stereocenters. The summed E-state index contributed by atoms with van der Waals surface area (Å²) in [5.74, 6) is 0. The Morgan fingerprint density at radius 2 is 1.60 bits per heavy atom. The zero-order chi connectivity index (χ0) is 4.50. The average Bonchev–Trinajstić information content (AvgIpc) is 0.722. The van der Waals surface area contributed by atoms with Gasteiger partial charge >= 0.3 is 33.4 Å². The standard InChI is InChI=1S/AsH2O3P/c2-1(3,4)5/h(H2,2,3,4)/q-2. The van der Waals surface area contributed by atoms with Gasteiger partial charge in [0.15, 0.2) is 0 Å². The van der Waals surface area contributed by atoms with E-state index in [4.69, 9.17) is 8.19 Å². The van der Waals surface area contributed by atoms with E-state index in [1.165, 1.54) is 0 Å². The first-order valence-electron chi connectivity index (χ1n) is 0.783. The van der Waals surface area contributed by atoms with Crippen LogP contribution in [0.25, 0.3) is 0 Å². The van der Waals surface area contributed by atoms with Gasteiger partial charge in [-0.2, -0.15) is 0 Å². The van der Waals surface area contributed by atoms with Crippen molar-refractivity contribution in [3.8, 4) is 0 Å². The first-order valence-corrected chi connectivity index (χ1v) is 6.14. The Kier molecular flexibility index (Phi) is 1.64. The van der Waals surface area contributed by atoms with E-state index in [1.807, 2.05) is 0 Å². The van der Waals surface area contributed by atoms with Crippen LogP contribution in [-0.4, -0.2) is 21.9 Å². The van der Waals surface area contributed by atoms with Crippen molar-refractivity contribution in [2.75, 3.05) is 0 Å². The second-order valence-electron chi connectivity index (χ2n) is 0.513. The fraction of sp³-hybridized carbons (Fsp3) is 0. The summed E-state index contributed by atoms with van der Waals surface area (Å²) in [7, 11) is 2.85. The third kappa shape index (κ3) is 68.8. The first kappa shape index (κ1) is 5.71. The summed E-state index contributed by atoms with van der Waals surface area (Å²) in [6.45, 7) is 0. The molecule has 2 N–H and O–H groups in total. The Morgan fingerprint density at radius 3 is 1.60 bits per heavy atom. The Hall–Kier alpha value is 0.708. The minimum atomic E-state index is -4.43. The molecular formula is H2AsO3P-2. The summed E-state index contributed by atoms with van der Waals surface area (Å²) < 4.78 is 24.4. The summed E-state index contributed by atoms with van der Waals surface area (Å²) in [5.41, 5.74) is 0. The Balaban J connectivity index is 3.47. The topological polar surface area (TPSA) is 57.5 Å². The minimum absolute atomic E-state index is 2.85. The maximum absolute atomic E-state index is 9.25. The average molecular weight is 156 g/mol. The molecule has 0 rings (SSSR count). The van der Waals surface area contributed by atoms with E-state index in [0.29, 0.717) is 0 Å². The van der Waals surface area contributed by atoms with Crippen molar-refractivity contribution >= 4 is 21.5 Å². The van der Waals surface area contributed by atoms with Gasteiger partial charge in [-0.25, -0.2) is 0 Å². The van der Waals surface area contributed by atoms with Gasteiger partial charge in [-0.15, -0.1) is 0 Å². The van der Waals surface area contributed by atoms with Crippen LogP contribution in [-0.2, 0) is 3.74 Å². The van der Waals surface area contributed by atoms with Gasteiger partial charge in [0.05, 0.1) is 0 Å². The van der Waals surface area contributed by atoms with Gasteiger partial charge in [0.1, 0.15) is 0 Å². The summed E-state index contributed by atoms with van der Waals surface area (Å²) in [6.07, 6.45) is 0. The molecule has 0 bridgehead atoms. The van der Waals surface area contributed by atoms with Crippen molar-refractivity contribution in [2.24, 2.45) is 0 Å². The van der Waals surface area contributed by atoms with Crippen LogP contribution < -0.4 is 0 Å². The van der Waals surface area contributed by atoms with Gasteiger partial charge in [-0.3, -0.25) is 0 Å². The summed E-state index contributed by atoms with van der Waals surface area (Å²) in [5, 5.41) is 0. The number of hydrogen-bond acceptors (Lipinski definition) is 1. The van der Waals surface area contributed by atoms with Gasteiger partial charge in [-0.1, -0.05) is 0 Å². The molecule has 5 heavy (non-hydrogen) atoms. The summed E-state index contributed by atoms with van der Waals surface area (Å²) in [6, 6.07) is 0. The normalized spacial score (nSPS) is 11.8. The molecule has 32 valence electrons. The van der Waals surface area contributed by atoms with Crippen LogP contribution >= 0.6 is 7.80 Å². The molecule has 0 aliphatic carbocycles. The molecule has 0 aromatic carbocycles. The van der Waals surface area contributed by atoms with Gasteiger partial charge in [0.2, 0.25) is 0 Å². The quantitative estimate of drug-likeness (QED) is 0.358. The van der Waals surface area contributed by atoms with Crippen molar-refractivity contribution < 1.29 is 11.9 Å².